The Hall–Kier alpha value is -1.53. The summed E-state index contributed by atoms with van der Waals surface area (Å²) < 4.78 is 5.11. The third kappa shape index (κ3) is 3.52. The second kappa shape index (κ2) is 6.76. The van der Waals surface area contributed by atoms with Crippen LogP contribution in [0.25, 0.3) is 0 Å². The van der Waals surface area contributed by atoms with Crippen molar-refractivity contribution in [3.05, 3.63) is 35.4 Å². The average molecular weight is 295 g/mol. The molecule has 20 heavy (non-hydrogen) atoms. The highest BCUT2D eigenvalue weighted by Crippen LogP contribution is 2.14. The molecule has 0 bridgehead atoms. The Labute approximate surface area is 121 Å². The Kier molecular flexibility index (Phi) is 5.03. The van der Waals surface area contributed by atoms with E-state index in [1.54, 1.807) is 23.9 Å². The molecule has 0 radical (unpaired) electrons. The van der Waals surface area contributed by atoms with E-state index in [1.807, 2.05) is 18.4 Å². The third-order valence-electron chi connectivity index (χ3n) is 3.14. The third-order valence-corrected chi connectivity index (χ3v) is 3.76. The van der Waals surface area contributed by atoms with E-state index in [0.29, 0.717) is 12.1 Å². The normalized spacial score (nSPS) is 18.9. The fourth-order valence-corrected chi connectivity index (χ4v) is 2.60. The lowest BCUT2D eigenvalue weighted by Crippen LogP contribution is -2.48. The van der Waals surface area contributed by atoms with Gasteiger partial charge in [0.25, 0.3) is 5.91 Å². The zero-order valence-electron chi connectivity index (χ0n) is 11.2. The van der Waals surface area contributed by atoms with Crippen molar-refractivity contribution >= 4 is 23.6 Å². The Morgan fingerprint density at radius 1 is 1.40 bits per heavy atom. The Bertz CT molecular complexity index is 488. The monoisotopic (exact) mass is 295 g/mol. The van der Waals surface area contributed by atoms with Gasteiger partial charge in [-0.05, 0) is 24.0 Å². The molecule has 0 saturated carbocycles. The molecule has 5 nitrogen and oxygen atoms in total. The number of carbonyl (C=O) groups excluding carboxylic acids is 1. The summed E-state index contributed by atoms with van der Waals surface area (Å²) in [7, 11) is 0. The first-order valence-electron chi connectivity index (χ1n) is 6.33. The molecule has 2 rings (SSSR count). The molecule has 0 spiro atoms. The maximum atomic E-state index is 12.3. The van der Waals surface area contributed by atoms with Crippen LogP contribution in [0.5, 0.6) is 0 Å². The summed E-state index contributed by atoms with van der Waals surface area (Å²) in [4.78, 5) is 24.8. The van der Waals surface area contributed by atoms with Crippen molar-refractivity contribution in [2.75, 3.05) is 26.0 Å². The predicted molar refractivity (Wildman–Crippen MR) is 76.9 cm³/mol. The van der Waals surface area contributed by atoms with Crippen molar-refractivity contribution in [2.45, 2.75) is 11.9 Å². The van der Waals surface area contributed by atoms with Gasteiger partial charge in [0, 0.05) is 17.9 Å². The van der Waals surface area contributed by atoms with E-state index in [1.165, 1.54) is 10.5 Å². The number of carbonyl (C=O) groups is 2. The number of ether oxygens (including phenoxy) is 1. The lowest BCUT2D eigenvalue weighted by Gasteiger charge is -2.30. The van der Waals surface area contributed by atoms with Gasteiger partial charge in [-0.1, -0.05) is 12.1 Å². The fraction of sp³-hybridized carbons (Fsp3) is 0.429. The van der Waals surface area contributed by atoms with Gasteiger partial charge in [0.1, 0.15) is 0 Å². The van der Waals surface area contributed by atoms with Crippen LogP contribution in [0.2, 0.25) is 0 Å². The largest absolute Gasteiger partial charge is 0.479 e. The molecule has 1 saturated heterocycles. The van der Waals surface area contributed by atoms with E-state index >= 15 is 0 Å². The number of morpholine rings is 1. The zero-order valence-corrected chi connectivity index (χ0v) is 12.1. The summed E-state index contributed by atoms with van der Waals surface area (Å²) in [6.07, 6.45) is 1.10. The van der Waals surface area contributed by atoms with Gasteiger partial charge in [-0.2, -0.15) is 11.8 Å². The Balaban J connectivity index is 2.04. The van der Waals surface area contributed by atoms with Gasteiger partial charge in [0.15, 0.2) is 6.10 Å². The molecule has 1 aliphatic heterocycles. The SMILES string of the molecule is CSCc1ccc(C(=O)N2CCOC(C(=O)O)C2)cc1. The number of amides is 1. The topological polar surface area (TPSA) is 66.8 Å². The molecule has 1 fully saturated rings. The van der Waals surface area contributed by atoms with Gasteiger partial charge in [0.05, 0.1) is 13.2 Å². The molecule has 6 heteroatoms. The fourth-order valence-electron chi connectivity index (χ4n) is 2.08. The minimum absolute atomic E-state index is 0.0979. The molecular formula is C14H17NO4S. The van der Waals surface area contributed by atoms with Crippen LogP contribution in [-0.4, -0.2) is 53.9 Å². The quantitative estimate of drug-likeness (QED) is 0.911. The molecular weight excluding hydrogens is 278 g/mol. The van der Waals surface area contributed by atoms with Crippen LogP contribution in [0.15, 0.2) is 24.3 Å². The van der Waals surface area contributed by atoms with Crippen molar-refractivity contribution in [3.8, 4) is 0 Å². The van der Waals surface area contributed by atoms with Crippen molar-refractivity contribution < 1.29 is 19.4 Å². The summed E-state index contributed by atoms with van der Waals surface area (Å²) in [5.41, 5.74) is 1.75. The number of hydrogen-bond donors (Lipinski definition) is 1. The highest BCUT2D eigenvalue weighted by molar-refractivity contribution is 7.97. The van der Waals surface area contributed by atoms with Gasteiger partial charge in [-0.3, -0.25) is 4.79 Å². The van der Waals surface area contributed by atoms with E-state index in [0.717, 1.165) is 5.75 Å². The molecule has 1 aromatic carbocycles. The minimum Gasteiger partial charge on any atom is -0.479 e. The molecule has 1 aromatic rings. The summed E-state index contributed by atoms with van der Waals surface area (Å²) in [5.74, 6) is -0.263. The number of benzene rings is 1. The van der Waals surface area contributed by atoms with Crippen LogP contribution in [-0.2, 0) is 15.3 Å². The standard InChI is InChI=1S/C14H17NO4S/c1-20-9-10-2-4-11(5-3-10)13(16)15-6-7-19-12(8-15)14(17)18/h2-5,12H,6-9H2,1H3,(H,17,18). The summed E-state index contributed by atoms with van der Waals surface area (Å²) >= 11 is 1.72. The molecule has 1 aliphatic rings. The lowest BCUT2D eigenvalue weighted by molar-refractivity contribution is -0.154. The molecule has 1 unspecified atom stereocenters. The number of rotatable bonds is 4. The van der Waals surface area contributed by atoms with Crippen LogP contribution in [0.1, 0.15) is 15.9 Å². The second-order valence-corrected chi connectivity index (χ2v) is 5.44. The Morgan fingerprint density at radius 3 is 2.70 bits per heavy atom. The zero-order chi connectivity index (χ0) is 14.5. The maximum absolute atomic E-state index is 12.3. The van der Waals surface area contributed by atoms with Crippen LogP contribution in [0, 0.1) is 0 Å². The lowest BCUT2D eigenvalue weighted by atomic mass is 10.1. The number of aliphatic carboxylic acids is 1. The summed E-state index contributed by atoms with van der Waals surface area (Å²) in [6.45, 7) is 0.781. The number of nitrogens with zero attached hydrogens (tertiary/aromatic N) is 1. The van der Waals surface area contributed by atoms with E-state index in [9.17, 15) is 9.59 Å². The van der Waals surface area contributed by atoms with Crippen LogP contribution in [0.4, 0.5) is 0 Å². The second-order valence-electron chi connectivity index (χ2n) is 4.58. The molecule has 1 heterocycles. The molecule has 1 amide bonds. The van der Waals surface area contributed by atoms with Crippen molar-refractivity contribution in [1.29, 1.82) is 0 Å². The highest BCUT2D eigenvalue weighted by atomic mass is 32.2. The number of thioether (sulfide) groups is 1. The first-order chi connectivity index (χ1) is 9.61. The Morgan fingerprint density at radius 2 is 2.10 bits per heavy atom. The van der Waals surface area contributed by atoms with Crippen LogP contribution >= 0.6 is 11.8 Å². The van der Waals surface area contributed by atoms with E-state index in [2.05, 4.69) is 0 Å². The summed E-state index contributed by atoms with van der Waals surface area (Å²) in [6, 6.07) is 7.44. The van der Waals surface area contributed by atoms with E-state index in [-0.39, 0.29) is 19.1 Å². The minimum atomic E-state index is -1.03. The summed E-state index contributed by atoms with van der Waals surface area (Å²) in [5, 5.41) is 8.94. The van der Waals surface area contributed by atoms with Crippen LogP contribution in [0.3, 0.4) is 0 Å². The highest BCUT2D eigenvalue weighted by Gasteiger charge is 2.29. The van der Waals surface area contributed by atoms with Gasteiger partial charge in [-0.15, -0.1) is 0 Å². The first kappa shape index (κ1) is 14.9. The van der Waals surface area contributed by atoms with Gasteiger partial charge in [0.2, 0.25) is 0 Å². The van der Waals surface area contributed by atoms with Gasteiger partial charge in [-0.25, -0.2) is 4.79 Å². The predicted octanol–water partition coefficient (Wildman–Crippen LogP) is 1.48. The molecule has 1 atom stereocenters. The van der Waals surface area contributed by atoms with Crippen molar-refractivity contribution in [3.63, 3.8) is 0 Å². The average Bonchev–Trinajstić information content (AvgIpc) is 2.48. The maximum Gasteiger partial charge on any atom is 0.334 e. The molecule has 0 aromatic heterocycles. The van der Waals surface area contributed by atoms with Crippen LogP contribution < -0.4 is 0 Å². The number of hydrogen-bond acceptors (Lipinski definition) is 4. The smallest absolute Gasteiger partial charge is 0.334 e. The molecule has 1 N–H and O–H groups in total. The number of carboxylic acid groups (broad SMARTS) is 1. The van der Waals surface area contributed by atoms with E-state index in [4.69, 9.17) is 9.84 Å². The molecule has 108 valence electrons. The first-order valence-corrected chi connectivity index (χ1v) is 7.72. The van der Waals surface area contributed by atoms with Crippen molar-refractivity contribution in [1.82, 2.24) is 4.90 Å². The molecule has 0 aliphatic carbocycles. The number of carboxylic acids is 1. The van der Waals surface area contributed by atoms with Gasteiger partial charge >= 0.3 is 5.97 Å². The van der Waals surface area contributed by atoms with Gasteiger partial charge < -0.3 is 14.7 Å². The van der Waals surface area contributed by atoms with Crippen molar-refractivity contribution in [2.24, 2.45) is 0 Å². The van der Waals surface area contributed by atoms with E-state index < -0.39 is 12.1 Å².